The second-order valence-corrected chi connectivity index (χ2v) is 6.85. The molecule has 1 aromatic carbocycles. The van der Waals surface area contributed by atoms with Crippen molar-refractivity contribution in [1.29, 1.82) is 5.26 Å². The van der Waals surface area contributed by atoms with Gasteiger partial charge >= 0.3 is 12.1 Å². The van der Waals surface area contributed by atoms with Crippen LogP contribution in [-0.4, -0.2) is 51.3 Å². The van der Waals surface area contributed by atoms with Gasteiger partial charge < -0.3 is 15.3 Å². The molecule has 1 amide bonds. The van der Waals surface area contributed by atoms with Crippen molar-refractivity contribution in [3.8, 4) is 6.07 Å². The van der Waals surface area contributed by atoms with E-state index in [1.807, 2.05) is 30.3 Å². The zero-order chi connectivity index (χ0) is 19.3. The van der Waals surface area contributed by atoms with Crippen LogP contribution in [0.15, 0.2) is 30.3 Å². The van der Waals surface area contributed by atoms with Gasteiger partial charge in [-0.15, -0.1) is 11.8 Å². The van der Waals surface area contributed by atoms with Crippen molar-refractivity contribution in [3.05, 3.63) is 35.9 Å². The molecule has 3 rings (SSSR count). The number of fused-ring (bicyclic) bond motifs is 1. The molecule has 0 unspecified atom stereocenters. The number of carboxylic acid groups (broad SMARTS) is 1. The average Bonchev–Trinajstić information content (AvgIpc) is 3.14. The van der Waals surface area contributed by atoms with Gasteiger partial charge in [0.05, 0.1) is 17.5 Å². The largest absolute Gasteiger partial charge is 0.490 e. The van der Waals surface area contributed by atoms with E-state index < -0.39 is 12.1 Å². The van der Waals surface area contributed by atoms with Crippen LogP contribution in [0.1, 0.15) is 12.0 Å². The number of nitriles is 1. The smallest absolute Gasteiger partial charge is 0.475 e. The predicted octanol–water partition coefficient (Wildman–Crippen LogP) is 1.98. The Morgan fingerprint density at radius 2 is 2.00 bits per heavy atom. The van der Waals surface area contributed by atoms with Crippen molar-refractivity contribution in [1.82, 2.24) is 10.2 Å². The van der Waals surface area contributed by atoms with Crippen LogP contribution in [0.5, 0.6) is 0 Å². The highest BCUT2D eigenvalue weighted by molar-refractivity contribution is 8.00. The van der Waals surface area contributed by atoms with Crippen molar-refractivity contribution < 1.29 is 27.9 Å². The summed E-state index contributed by atoms with van der Waals surface area (Å²) in [6, 6.07) is 11.9. The van der Waals surface area contributed by atoms with E-state index >= 15 is 0 Å². The van der Waals surface area contributed by atoms with Crippen LogP contribution in [0.4, 0.5) is 13.2 Å². The summed E-state index contributed by atoms with van der Waals surface area (Å²) in [7, 11) is 0. The zero-order valence-electron chi connectivity index (χ0n) is 13.4. The summed E-state index contributed by atoms with van der Waals surface area (Å²) in [6.07, 6.45) is -4.28. The highest BCUT2D eigenvalue weighted by Crippen LogP contribution is 2.37. The molecule has 0 radical (unpaired) electrons. The molecule has 2 N–H and O–H groups in total. The van der Waals surface area contributed by atoms with Crippen molar-refractivity contribution in [2.75, 3.05) is 5.75 Å². The molecule has 0 saturated carbocycles. The number of benzene rings is 1. The molecule has 26 heavy (non-hydrogen) atoms. The van der Waals surface area contributed by atoms with E-state index in [0.29, 0.717) is 6.54 Å². The van der Waals surface area contributed by atoms with Crippen LogP contribution in [-0.2, 0) is 16.1 Å². The molecule has 0 aromatic heterocycles. The molecule has 1 aromatic rings. The molecule has 2 saturated heterocycles. The first-order valence-electron chi connectivity index (χ1n) is 7.65. The van der Waals surface area contributed by atoms with E-state index in [4.69, 9.17) is 15.2 Å². The summed E-state index contributed by atoms with van der Waals surface area (Å²) < 4.78 is 31.7. The van der Waals surface area contributed by atoms with E-state index in [2.05, 4.69) is 11.4 Å². The number of nitrogens with one attached hydrogen (secondary N) is 1. The molecule has 0 spiro atoms. The number of hydrogen-bond donors (Lipinski definition) is 2. The molecule has 6 nitrogen and oxygen atoms in total. The highest BCUT2D eigenvalue weighted by atomic mass is 32.2. The number of thioether (sulfide) groups is 1. The quantitative estimate of drug-likeness (QED) is 0.824. The van der Waals surface area contributed by atoms with Gasteiger partial charge in [-0.2, -0.15) is 18.4 Å². The Hall–Kier alpha value is -2.25. The number of carboxylic acids is 1. The third-order valence-corrected chi connectivity index (χ3v) is 5.18. The second kappa shape index (κ2) is 8.42. The molecule has 2 aliphatic rings. The normalized spacial score (nSPS) is 24.5. The Labute approximate surface area is 152 Å². The topological polar surface area (TPSA) is 93.4 Å². The number of amides is 1. The van der Waals surface area contributed by atoms with Gasteiger partial charge in [0.1, 0.15) is 6.04 Å². The summed E-state index contributed by atoms with van der Waals surface area (Å²) >= 11 is 1.72. The van der Waals surface area contributed by atoms with Crippen molar-refractivity contribution in [2.45, 2.75) is 36.6 Å². The molecular formula is C16H16F3N3O3S. The minimum Gasteiger partial charge on any atom is -0.475 e. The lowest BCUT2D eigenvalue weighted by molar-refractivity contribution is -0.192. The van der Waals surface area contributed by atoms with Gasteiger partial charge in [-0.1, -0.05) is 30.3 Å². The fraction of sp³-hybridized carbons (Fsp3) is 0.438. The number of nitrogens with zero attached hydrogens (tertiary/aromatic N) is 2. The van der Waals surface area contributed by atoms with Crippen molar-refractivity contribution in [2.24, 2.45) is 0 Å². The summed E-state index contributed by atoms with van der Waals surface area (Å²) in [5.41, 5.74) is 1.17. The Balaban J connectivity index is 0.000000298. The number of carbonyl (C=O) groups is 2. The summed E-state index contributed by atoms with van der Waals surface area (Å²) in [5.74, 6) is -1.93. The first kappa shape index (κ1) is 20.1. The van der Waals surface area contributed by atoms with Gasteiger partial charge in [0.2, 0.25) is 5.91 Å². The minimum atomic E-state index is -5.08. The Morgan fingerprint density at radius 1 is 1.38 bits per heavy atom. The number of halogens is 3. The lowest BCUT2D eigenvalue weighted by atomic mass is 10.2. The summed E-state index contributed by atoms with van der Waals surface area (Å²) in [4.78, 5) is 22.9. The zero-order valence-corrected chi connectivity index (χ0v) is 14.3. The molecule has 10 heteroatoms. The Kier molecular flexibility index (Phi) is 6.50. The Bertz CT molecular complexity index is 693. The van der Waals surface area contributed by atoms with E-state index in [-0.39, 0.29) is 23.4 Å². The predicted molar refractivity (Wildman–Crippen MR) is 87.9 cm³/mol. The van der Waals surface area contributed by atoms with E-state index in [0.717, 1.165) is 12.2 Å². The van der Waals surface area contributed by atoms with Crippen LogP contribution in [0.2, 0.25) is 0 Å². The molecule has 2 heterocycles. The standard InChI is InChI=1S/C14H15N3OS.C2HF3O2/c15-7-11-9-19-13-6-12(14(18)17(11)13)16-8-10-4-2-1-3-5-10;3-2(4,5)1(6)7/h1-5,11-13,16H,6,8-9H2;(H,6,7)/t11-,12-,13+;/m1./s1. The third kappa shape index (κ3) is 4.89. The number of alkyl halides is 3. The Morgan fingerprint density at radius 3 is 2.54 bits per heavy atom. The molecule has 0 bridgehead atoms. The number of aliphatic carboxylic acids is 1. The fourth-order valence-electron chi connectivity index (χ4n) is 2.63. The number of carbonyl (C=O) groups excluding carboxylic acids is 1. The van der Waals surface area contributed by atoms with Gasteiger partial charge in [-0.25, -0.2) is 4.79 Å². The van der Waals surface area contributed by atoms with Gasteiger partial charge in [0, 0.05) is 18.7 Å². The van der Waals surface area contributed by atoms with Crippen molar-refractivity contribution in [3.63, 3.8) is 0 Å². The molecule has 2 aliphatic heterocycles. The molecular weight excluding hydrogens is 371 g/mol. The monoisotopic (exact) mass is 387 g/mol. The maximum Gasteiger partial charge on any atom is 0.490 e. The molecule has 140 valence electrons. The third-order valence-electron chi connectivity index (χ3n) is 3.87. The summed E-state index contributed by atoms with van der Waals surface area (Å²) in [6.45, 7) is 0.694. The van der Waals surface area contributed by atoms with Crippen LogP contribution < -0.4 is 5.32 Å². The maximum atomic E-state index is 12.3. The first-order valence-corrected chi connectivity index (χ1v) is 8.69. The number of rotatable bonds is 3. The lowest BCUT2D eigenvalue weighted by Gasteiger charge is -2.18. The average molecular weight is 387 g/mol. The van der Waals surface area contributed by atoms with Gasteiger partial charge in [0.15, 0.2) is 0 Å². The highest BCUT2D eigenvalue weighted by Gasteiger charge is 2.47. The van der Waals surface area contributed by atoms with Crippen LogP contribution in [0, 0.1) is 11.3 Å². The molecule has 2 fully saturated rings. The first-order chi connectivity index (χ1) is 12.2. The van der Waals surface area contributed by atoms with Gasteiger partial charge in [0.25, 0.3) is 0 Å². The maximum absolute atomic E-state index is 12.3. The minimum absolute atomic E-state index is 0.0810. The van der Waals surface area contributed by atoms with Crippen LogP contribution in [0.3, 0.4) is 0 Å². The molecule has 0 aliphatic carbocycles. The van der Waals surface area contributed by atoms with E-state index in [1.54, 1.807) is 16.7 Å². The fourth-order valence-corrected chi connectivity index (χ4v) is 4.01. The van der Waals surface area contributed by atoms with Crippen LogP contribution >= 0.6 is 11.8 Å². The van der Waals surface area contributed by atoms with E-state index in [9.17, 15) is 18.0 Å². The summed E-state index contributed by atoms with van der Waals surface area (Å²) in [5, 5.41) is 19.7. The van der Waals surface area contributed by atoms with Crippen LogP contribution in [0.25, 0.3) is 0 Å². The van der Waals surface area contributed by atoms with Crippen molar-refractivity contribution >= 4 is 23.6 Å². The van der Waals surface area contributed by atoms with E-state index in [1.165, 1.54) is 5.56 Å². The lowest BCUT2D eigenvalue weighted by Crippen LogP contribution is -2.41. The van der Waals surface area contributed by atoms with Gasteiger partial charge in [-0.3, -0.25) is 4.79 Å². The number of hydrogen-bond acceptors (Lipinski definition) is 5. The van der Waals surface area contributed by atoms with Gasteiger partial charge in [-0.05, 0) is 5.56 Å². The molecule has 3 atom stereocenters. The SMILES string of the molecule is N#C[C@@H]1CS[C@H]2C[C@@H](NCc3ccccc3)C(=O)N12.O=C(O)C(F)(F)F. The second-order valence-electron chi connectivity index (χ2n) is 5.64.